The van der Waals surface area contributed by atoms with Crippen LogP contribution in [0.4, 0.5) is 0 Å². The lowest BCUT2D eigenvalue weighted by Gasteiger charge is -2.11. The van der Waals surface area contributed by atoms with Gasteiger partial charge in [-0.3, -0.25) is 0 Å². The van der Waals surface area contributed by atoms with Crippen LogP contribution in [0.3, 0.4) is 0 Å². The van der Waals surface area contributed by atoms with Crippen molar-refractivity contribution in [3.05, 3.63) is 28.1 Å². The molecule has 0 unspecified atom stereocenters. The molecule has 0 spiro atoms. The second-order valence-corrected chi connectivity index (χ2v) is 4.64. The molecule has 84 valence electrons. The van der Waals surface area contributed by atoms with Crippen molar-refractivity contribution in [1.29, 1.82) is 0 Å². The minimum Gasteiger partial charge on any atom is -0.464 e. The molecule has 0 aliphatic rings. The molecule has 1 rings (SSSR count). The Bertz CT molecular complexity index is 328. The van der Waals surface area contributed by atoms with Crippen LogP contribution in [-0.4, -0.2) is 13.1 Å². The first kappa shape index (κ1) is 12.5. The maximum Gasteiger partial charge on any atom is 0.140 e. The molecule has 0 aliphatic carbocycles. The van der Waals surface area contributed by atoms with E-state index < -0.39 is 0 Å². The molecule has 0 amide bonds. The third-order valence-electron chi connectivity index (χ3n) is 2.28. The molecule has 1 N–H and O–H groups in total. The van der Waals surface area contributed by atoms with Gasteiger partial charge in [0.2, 0.25) is 0 Å². The second kappa shape index (κ2) is 6.13. The monoisotopic (exact) mass is 271 g/mol. The van der Waals surface area contributed by atoms with Crippen LogP contribution < -0.4 is 5.32 Å². The van der Waals surface area contributed by atoms with E-state index in [9.17, 15) is 0 Å². The minimum atomic E-state index is 0.529. The Balaban J connectivity index is 2.79. The van der Waals surface area contributed by atoms with Gasteiger partial charge in [0, 0.05) is 6.54 Å². The van der Waals surface area contributed by atoms with Crippen LogP contribution in [0.15, 0.2) is 26.8 Å². The highest BCUT2D eigenvalue weighted by atomic mass is 79.9. The zero-order valence-corrected chi connectivity index (χ0v) is 11.1. The summed E-state index contributed by atoms with van der Waals surface area (Å²) < 4.78 is 6.39. The van der Waals surface area contributed by atoms with E-state index in [1.54, 1.807) is 6.26 Å². The topological polar surface area (TPSA) is 25.2 Å². The maximum atomic E-state index is 5.37. The molecule has 1 aromatic rings. The first-order chi connectivity index (χ1) is 7.15. The average Bonchev–Trinajstić information content (AvgIpc) is 2.58. The van der Waals surface area contributed by atoms with Crippen molar-refractivity contribution in [2.24, 2.45) is 5.92 Å². The Morgan fingerprint density at radius 3 is 2.80 bits per heavy atom. The fourth-order valence-electron chi connectivity index (χ4n) is 1.27. The van der Waals surface area contributed by atoms with E-state index in [1.165, 1.54) is 5.57 Å². The molecule has 0 atom stereocenters. The van der Waals surface area contributed by atoms with Gasteiger partial charge in [-0.25, -0.2) is 0 Å². The van der Waals surface area contributed by atoms with Crippen LogP contribution in [0.25, 0.3) is 6.08 Å². The van der Waals surface area contributed by atoms with Gasteiger partial charge in [0.05, 0.1) is 10.7 Å². The quantitative estimate of drug-likeness (QED) is 0.884. The number of nitrogens with one attached hydrogen (secondary N) is 1. The molecule has 15 heavy (non-hydrogen) atoms. The first-order valence-corrected chi connectivity index (χ1v) is 6.08. The van der Waals surface area contributed by atoms with Crippen LogP contribution in [-0.2, 0) is 0 Å². The summed E-state index contributed by atoms with van der Waals surface area (Å²) in [7, 11) is 0. The van der Waals surface area contributed by atoms with Crippen LogP contribution >= 0.6 is 15.9 Å². The van der Waals surface area contributed by atoms with Crippen molar-refractivity contribution >= 4 is 22.0 Å². The van der Waals surface area contributed by atoms with Crippen LogP contribution in [0.5, 0.6) is 0 Å². The van der Waals surface area contributed by atoms with E-state index in [-0.39, 0.29) is 0 Å². The molecule has 0 aromatic carbocycles. The largest absolute Gasteiger partial charge is 0.464 e. The summed E-state index contributed by atoms with van der Waals surface area (Å²) >= 11 is 3.45. The number of hydrogen-bond acceptors (Lipinski definition) is 2. The summed E-state index contributed by atoms with van der Waals surface area (Å²) in [5.74, 6) is 1.43. The Labute approximate surface area is 99.9 Å². The second-order valence-electron chi connectivity index (χ2n) is 3.79. The Morgan fingerprint density at radius 1 is 1.60 bits per heavy atom. The van der Waals surface area contributed by atoms with Gasteiger partial charge in [0.25, 0.3) is 0 Å². The fourth-order valence-corrected chi connectivity index (χ4v) is 1.58. The molecule has 0 radical (unpaired) electrons. The van der Waals surface area contributed by atoms with E-state index >= 15 is 0 Å². The zero-order chi connectivity index (χ0) is 11.3. The van der Waals surface area contributed by atoms with Crippen molar-refractivity contribution in [2.75, 3.05) is 13.1 Å². The van der Waals surface area contributed by atoms with Crippen LogP contribution in [0.2, 0.25) is 0 Å². The van der Waals surface area contributed by atoms with Crippen molar-refractivity contribution in [3.8, 4) is 0 Å². The van der Waals surface area contributed by atoms with Gasteiger partial charge in [0.15, 0.2) is 0 Å². The predicted molar refractivity (Wildman–Crippen MR) is 67.8 cm³/mol. The number of likely N-dealkylation sites (N-methyl/N-ethyl adjacent to an activating group) is 1. The third kappa shape index (κ3) is 3.84. The first-order valence-electron chi connectivity index (χ1n) is 5.29. The highest BCUT2D eigenvalue weighted by Crippen LogP contribution is 2.22. The Morgan fingerprint density at radius 2 is 2.33 bits per heavy atom. The number of rotatable bonds is 5. The maximum absolute atomic E-state index is 5.37. The average molecular weight is 272 g/mol. The molecule has 2 nitrogen and oxygen atoms in total. The van der Waals surface area contributed by atoms with Gasteiger partial charge in [-0.1, -0.05) is 26.3 Å². The molecule has 1 heterocycles. The number of hydrogen-bond donors (Lipinski definition) is 1. The van der Waals surface area contributed by atoms with Crippen molar-refractivity contribution in [2.45, 2.75) is 20.8 Å². The number of halogens is 1. The summed E-state index contributed by atoms with van der Waals surface area (Å²) in [6.45, 7) is 8.41. The summed E-state index contributed by atoms with van der Waals surface area (Å²) in [5, 5.41) is 3.34. The summed E-state index contributed by atoms with van der Waals surface area (Å²) in [6.07, 6.45) is 3.80. The van der Waals surface area contributed by atoms with Crippen LogP contribution in [0, 0.1) is 5.92 Å². The van der Waals surface area contributed by atoms with E-state index in [2.05, 4.69) is 48.1 Å². The lowest BCUT2D eigenvalue weighted by atomic mass is 10.0. The molecular formula is C12H18BrNO. The summed E-state index contributed by atoms with van der Waals surface area (Å²) in [6, 6.07) is 1.91. The molecular weight excluding hydrogens is 254 g/mol. The van der Waals surface area contributed by atoms with Crippen LogP contribution in [0.1, 0.15) is 26.5 Å². The molecule has 1 aromatic heterocycles. The highest BCUT2D eigenvalue weighted by Gasteiger charge is 2.06. The highest BCUT2D eigenvalue weighted by molar-refractivity contribution is 9.10. The Kier molecular flexibility index (Phi) is 5.12. The summed E-state index contributed by atoms with van der Waals surface area (Å²) in [4.78, 5) is 0. The van der Waals surface area contributed by atoms with Crippen molar-refractivity contribution < 1.29 is 4.42 Å². The van der Waals surface area contributed by atoms with E-state index in [1.807, 2.05) is 6.07 Å². The lowest BCUT2D eigenvalue weighted by Crippen LogP contribution is -2.18. The lowest BCUT2D eigenvalue weighted by molar-refractivity contribution is 0.553. The zero-order valence-electron chi connectivity index (χ0n) is 9.51. The molecule has 0 saturated carbocycles. The molecule has 0 fully saturated rings. The molecule has 0 bridgehead atoms. The van der Waals surface area contributed by atoms with Gasteiger partial charge in [-0.2, -0.15) is 0 Å². The standard InChI is InChI=1S/C12H18BrNO/c1-4-14-8-10(9(2)3)7-12-11(13)5-6-15-12/h5-7,9,14H,4,8H2,1-3H3/b10-7-. The number of furan rings is 1. The normalized spacial score (nSPS) is 12.5. The van der Waals surface area contributed by atoms with Gasteiger partial charge >= 0.3 is 0 Å². The minimum absolute atomic E-state index is 0.529. The molecule has 3 heteroatoms. The third-order valence-corrected chi connectivity index (χ3v) is 2.94. The predicted octanol–water partition coefficient (Wildman–Crippen LogP) is 3.69. The van der Waals surface area contributed by atoms with Crippen molar-refractivity contribution in [1.82, 2.24) is 5.32 Å². The SMILES string of the molecule is CCNC/C(=C/c1occc1Br)C(C)C. The van der Waals surface area contributed by atoms with E-state index in [0.717, 1.165) is 23.3 Å². The Hall–Kier alpha value is -0.540. The van der Waals surface area contributed by atoms with E-state index in [4.69, 9.17) is 4.42 Å². The smallest absolute Gasteiger partial charge is 0.140 e. The molecule has 0 saturated heterocycles. The van der Waals surface area contributed by atoms with Crippen molar-refractivity contribution in [3.63, 3.8) is 0 Å². The molecule has 0 aliphatic heterocycles. The van der Waals surface area contributed by atoms with Gasteiger partial charge < -0.3 is 9.73 Å². The fraction of sp³-hybridized carbons (Fsp3) is 0.500. The van der Waals surface area contributed by atoms with Gasteiger partial charge in [0.1, 0.15) is 5.76 Å². The summed E-state index contributed by atoms with van der Waals surface area (Å²) in [5.41, 5.74) is 1.35. The van der Waals surface area contributed by atoms with E-state index in [0.29, 0.717) is 5.92 Å². The van der Waals surface area contributed by atoms with Gasteiger partial charge in [-0.15, -0.1) is 0 Å². The van der Waals surface area contributed by atoms with Gasteiger partial charge in [-0.05, 0) is 40.5 Å².